The zero-order valence-corrected chi connectivity index (χ0v) is 21.7. The number of Topliss-reactive ketones (excluding diaryl/α,β-unsaturated/α-hetero) is 2. The van der Waals surface area contributed by atoms with Crippen LogP contribution in [0, 0.1) is 23.7 Å². The smallest absolute Gasteiger partial charge is 0.306 e. The standard InChI is InChI=1S/C27H39N3O6/c1-17(2)13-22(23(31)14-20-11-8-12-28-30-27(35)25(20)33)29-26(34)21(18(3)4)15-24(32)36-16-19-9-6-5-7-10-19/h5-7,9-10,17-18,20-22,28H,8,11-16H2,1-4H3,(H,29,34)(H,30,35). The third-order valence-corrected chi connectivity index (χ3v) is 6.28. The molecule has 1 aliphatic rings. The SMILES string of the molecule is CC(C)CC(NC(=O)C(CC(=O)OCc1ccccc1)C(C)C)C(=O)CC1CCCNNC(=O)C1=O. The van der Waals surface area contributed by atoms with Crippen molar-refractivity contribution in [2.45, 2.75) is 72.4 Å². The molecule has 0 bridgehead atoms. The van der Waals surface area contributed by atoms with E-state index in [1.807, 2.05) is 58.0 Å². The van der Waals surface area contributed by atoms with Gasteiger partial charge in [-0.25, -0.2) is 5.43 Å². The van der Waals surface area contributed by atoms with Crippen molar-refractivity contribution in [2.24, 2.45) is 23.7 Å². The topological polar surface area (TPSA) is 131 Å². The Labute approximate surface area is 213 Å². The molecule has 0 aliphatic carbocycles. The van der Waals surface area contributed by atoms with E-state index in [0.29, 0.717) is 25.8 Å². The molecule has 1 heterocycles. The van der Waals surface area contributed by atoms with Crippen LogP contribution in [0.4, 0.5) is 0 Å². The predicted octanol–water partition coefficient (Wildman–Crippen LogP) is 2.48. The molecule has 3 unspecified atom stereocenters. The number of hydrogen-bond acceptors (Lipinski definition) is 7. The molecule has 2 rings (SSSR count). The number of rotatable bonds is 12. The molecule has 0 aromatic heterocycles. The first-order chi connectivity index (χ1) is 17.1. The van der Waals surface area contributed by atoms with E-state index < -0.39 is 41.4 Å². The summed E-state index contributed by atoms with van der Waals surface area (Å²) in [5.41, 5.74) is 5.86. The summed E-state index contributed by atoms with van der Waals surface area (Å²) in [4.78, 5) is 63.3. The minimum Gasteiger partial charge on any atom is -0.461 e. The molecule has 3 atom stereocenters. The normalized spacial score (nSPS) is 18.1. The molecular formula is C27H39N3O6. The van der Waals surface area contributed by atoms with Crippen molar-refractivity contribution in [1.29, 1.82) is 0 Å². The van der Waals surface area contributed by atoms with Gasteiger partial charge in [0.1, 0.15) is 6.61 Å². The number of ether oxygens (including phenoxy) is 1. The van der Waals surface area contributed by atoms with Gasteiger partial charge in [-0.3, -0.25) is 29.4 Å². The first-order valence-electron chi connectivity index (χ1n) is 12.7. The van der Waals surface area contributed by atoms with Crippen molar-refractivity contribution in [3.05, 3.63) is 35.9 Å². The van der Waals surface area contributed by atoms with Gasteiger partial charge in [-0.1, -0.05) is 58.0 Å². The number of ketones is 2. The van der Waals surface area contributed by atoms with Crippen LogP contribution in [0.25, 0.3) is 0 Å². The maximum atomic E-state index is 13.2. The molecule has 0 saturated carbocycles. The van der Waals surface area contributed by atoms with Crippen LogP contribution in [-0.4, -0.2) is 41.9 Å². The first-order valence-corrected chi connectivity index (χ1v) is 12.7. The van der Waals surface area contributed by atoms with Gasteiger partial charge in [0, 0.05) is 18.9 Å². The zero-order chi connectivity index (χ0) is 26.7. The fourth-order valence-corrected chi connectivity index (χ4v) is 4.17. The second kappa shape index (κ2) is 14.5. The number of nitrogens with one attached hydrogen (secondary N) is 3. The summed E-state index contributed by atoms with van der Waals surface area (Å²) in [7, 11) is 0. The number of carbonyl (C=O) groups is 5. The van der Waals surface area contributed by atoms with Gasteiger partial charge >= 0.3 is 11.9 Å². The van der Waals surface area contributed by atoms with Gasteiger partial charge in [0.25, 0.3) is 0 Å². The van der Waals surface area contributed by atoms with Gasteiger partial charge in [0.2, 0.25) is 11.7 Å². The quantitative estimate of drug-likeness (QED) is 0.296. The molecule has 1 fully saturated rings. The van der Waals surface area contributed by atoms with E-state index in [0.717, 1.165) is 5.56 Å². The van der Waals surface area contributed by atoms with Gasteiger partial charge in [0.05, 0.1) is 18.4 Å². The van der Waals surface area contributed by atoms with Crippen LogP contribution in [-0.2, 0) is 35.3 Å². The predicted molar refractivity (Wildman–Crippen MR) is 134 cm³/mol. The van der Waals surface area contributed by atoms with Crippen LogP contribution in [0.15, 0.2) is 30.3 Å². The van der Waals surface area contributed by atoms with Crippen molar-refractivity contribution >= 4 is 29.4 Å². The summed E-state index contributed by atoms with van der Waals surface area (Å²) in [6, 6.07) is 8.47. The Morgan fingerprint density at radius 1 is 1.08 bits per heavy atom. The average Bonchev–Trinajstić information content (AvgIpc) is 2.83. The summed E-state index contributed by atoms with van der Waals surface area (Å²) >= 11 is 0. The molecule has 0 spiro atoms. The Morgan fingerprint density at radius 2 is 1.78 bits per heavy atom. The van der Waals surface area contributed by atoms with Crippen molar-refractivity contribution in [2.75, 3.05) is 6.54 Å². The van der Waals surface area contributed by atoms with Crippen LogP contribution < -0.4 is 16.2 Å². The lowest BCUT2D eigenvalue weighted by Gasteiger charge is -2.26. The summed E-state index contributed by atoms with van der Waals surface area (Å²) < 4.78 is 5.35. The molecule has 198 valence electrons. The average molecular weight is 502 g/mol. The van der Waals surface area contributed by atoms with E-state index in [4.69, 9.17) is 4.74 Å². The molecule has 1 aromatic rings. The highest BCUT2D eigenvalue weighted by Crippen LogP contribution is 2.21. The Hall–Kier alpha value is -3.07. The second-order valence-corrected chi connectivity index (χ2v) is 10.1. The van der Waals surface area contributed by atoms with Crippen LogP contribution in [0.5, 0.6) is 0 Å². The molecule has 2 amide bonds. The maximum Gasteiger partial charge on any atom is 0.306 e. The lowest BCUT2D eigenvalue weighted by Crippen LogP contribution is -2.49. The molecule has 0 radical (unpaired) electrons. The molecule has 9 nitrogen and oxygen atoms in total. The monoisotopic (exact) mass is 501 g/mol. The number of esters is 1. The lowest BCUT2D eigenvalue weighted by atomic mass is 9.86. The molecule has 3 N–H and O–H groups in total. The molecule has 1 aromatic carbocycles. The van der Waals surface area contributed by atoms with E-state index in [2.05, 4.69) is 16.2 Å². The summed E-state index contributed by atoms with van der Waals surface area (Å²) in [5.74, 6) is -4.01. The molecule has 1 saturated heterocycles. The van der Waals surface area contributed by atoms with Gasteiger partial charge in [-0.2, -0.15) is 0 Å². The minimum atomic E-state index is -0.807. The van der Waals surface area contributed by atoms with Crippen LogP contribution in [0.3, 0.4) is 0 Å². The Morgan fingerprint density at radius 3 is 2.42 bits per heavy atom. The van der Waals surface area contributed by atoms with E-state index in [9.17, 15) is 24.0 Å². The largest absolute Gasteiger partial charge is 0.461 e. The highest BCUT2D eigenvalue weighted by molar-refractivity contribution is 6.37. The van der Waals surface area contributed by atoms with E-state index >= 15 is 0 Å². The Bertz CT molecular complexity index is 915. The molecule has 36 heavy (non-hydrogen) atoms. The highest BCUT2D eigenvalue weighted by atomic mass is 16.5. The summed E-state index contributed by atoms with van der Waals surface area (Å²) in [6.45, 7) is 8.19. The Balaban J connectivity index is 2.03. The third kappa shape index (κ3) is 9.53. The third-order valence-electron chi connectivity index (χ3n) is 6.28. The van der Waals surface area contributed by atoms with Crippen molar-refractivity contribution in [1.82, 2.24) is 16.2 Å². The van der Waals surface area contributed by atoms with Crippen LogP contribution in [0.2, 0.25) is 0 Å². The van der Waals surface area contributed by atoms with Gasteiger partial charge in [-0.15, -0.1) is 0 Å². The van der Waals surface area contributed by atoms with E-state index in [-0.39, 0.29) is 37.1 Å². The number of hydrazine groups is 1. The van der Waals surface area contributed by atoms with Gasteiger partial charge in [-0.05, 0) is 36.7 Å². The first kappa shape index (κ1) is 29.2. The zero-order valence-electron chi connectivity index (χ0n) is 21.7. The van der Waals surface area contributed by atoms with Crippen molar-refractivity contribution in [3.8, 4) is 0 Å². The van der Waals surface area contributed by atoms with Gasteiger partial charge in [0.15, 0.2) is 5.78 Å². The molecular weight excluding hydrogens is 462 g/mol. The summed E-state index contributed by atoms with van der Waals surface area (Å²) in [5, 5.41) is 2.83. The van der Waals surface area contributed by atoms with E-state index in [1.54, 1.807) is 0 Å². The fraction of sp³-hybridized carbons (Fsp3) is 0.593. The van der Waals surface area contributed by atoms with Crippen LogP contribution in [0.1, 0.15) is 65.4 Å². The number of carbonyl (C=O) groups excluding carboxylic acids is 5. The molecule has 1 aliphatic heterocycles. The number of benzene rings is 1. The van der Waals surface area contributed by atoms with Crippen molar-refractivity contribution in [3.63, 3.8) is 0 Å². The van der Waals surface area contributed by atoms with Crippen molar-refractivity contribution < 1.29 is 28.7 Å². The number of amides is 2. The van der Waals surface area contributed by atoms with E-state index in [1.165, 1.54) is 0 Å². The number of hydrogen-bond donors (Lipinski definition) is 3. The Kier molecular flexibility index (Phi) is 11.7. The van der Waals surface area contributed by atoms with Crippen LogP contribution >= 0.6 is 0 Å². The second-order valence-electron chi connectivity index (χ2n) is 10.1. The van der Waals surface area contributed by atoms with Gasteiger partial charge < -0.3 is 10.1 Å². The minimum absolute atomic E-state index is 0.104. The summed E-state index contributed by atoms with van der Waals surface area (Å²) in [6.07, 6.45) is 1.21. The fourth-order valence-electron chi connectivity index (χ4n) is 4.17. The maximum absolute atomic E-state index is 13.2. The lowest BCUT2D eigenvalue weighted by molar-refractivity contribution is -0.149. The highest BCUT2D eigenvalue weighted by Gasteiger charge is 2.34. The molecule has 9 heteroatoms.